The van der Waals surface area contributed by atoms with Gasteiger partial charge < -0.3 is 9.73 Å². The van der Waals surface area contributed by atoms with Crippen LogP contribution in [0.1, 0.15) is 61.6 Å². The van der Waals surface area contributed by atoms with Gasteiger partial charge in [-0.15, -0.1) is 0 Å². The Morgan fingerprint density at radius 2 is 2.04 bits per heavy atom. The number of aromatic nitrogens is 3. The Bertz CT molecular complexity index is 730. The molecule has 0 atom stereocenters. The van der Waals surface area contributed by atoms with Crippen LogP contribution >= 0.6 is 0 Å². The zero-order valence-electron chi connectivity index (χ0n) is 13.9. The molecule has 0 radical (unpaired) electrons. The zero-order valence-corrected chi connectivity index (χ0v) is 13.9. The summed E-state index contributed by atoms with van der Waals surface area (Å²) >= 11 is 0. The number of nitrogens with one attached hydrogen (secondary N) is 1. The van der Waals surface area contributed by atoms with Crippen LogP contribution in [0.4, 0.5) is 0 Å². The molecule has 2 aliphatic carbocycles. The van der Waals surface area contributed by atoms with Gasteiger partial charge in [0.25, 0.3) is 5.56 Å². The van der Waals surface area contributed by atoms with Crippen molar-refractivity contribution >= 4 is 0 Å². The molecule has 2 aliphatic rings. The van der Waals surface area contributed by atoms with E-state index in [4.69, 9.17) is 9.52 Å². The first-order valence-electron chi connectivity index (χ1n) is 9.02. The van der Waals surface area contributed by atoms with Crippen LogP contribution in [-0.4, -0.2) is 20.8 Å². The lowest BCUT2D eigenvalue weighted by molar-refractivity contribution is 0.263. The van der Waals surface area contributed by atoms with Crippen molar-refractivity contribution in [3.8, 4) is 0 Å². The van der Waals surface area contributed by atoms with Crippen molar-refractivity contribution in [3.63, 3.8) is 0 Å². The molecule has 0 bridgehead atoms. The fourth-order valence-electron chi connectivity index (χ4n) is 3.94. The summed E-state index contributed by atoms with van der Waals surface area (Å²) in [7, 11) is 0. The third-order valence-corrected chi connectivity index (χ3v) is 5.32. The van der Waals surface area contributed by atoms with E-state index in [1.807, 2.05) is 6.07 Å². The van der Waals surface area contributed by atoms with Gasteiger partial charge in [0.05, 0.1) is 24.5 Å². The minimum Gasteiger partial charge on any atom is -0.447 e. The Balaban J connectivity index is 1.38. The van der Waals surface area contributed by atoms with Gasteiger partial charge in [0.15, 0.2) is 6.39 Å². The highest BCUT2D eigenvalue weighted by Gasteiger charge is 2.25. The molecule has 0 aliphatic heterocycles. The molecular formula is C18H24N4O2. The van der Waals surface area contributed by atoms with E-state index in [-0.39, 0.29) is 11.6 Å². The van der Waals surface area contributed by atoms with Crippen molar-refractivity contribution in [2.24, 2.45) is 0 Å². The van der Waals surface area contributed by atoms with Crippen LogP contribution in [0.2, 0.25) is 0 Å². The number of aryl methyl sites for hydroxylation is 2. The summed E-state index contributed by atoms with van der Waals surface area (Å²) in [5.41, 5.74) is 2.39. The van der Waals surface area contributed by atoms with Gasteiger partial charge in [0, 0.05) is 12.1 Å². The molecule has 2 heterocycles. The summed E-state index contributed by atoms with van der Waals surface area (Å²) in [6, 6.07) is 2.54. The molecular weight excluding hydrogens is 304 g/mol. The molecule has 0 saturated heterocycles. The summed E-state index contributed by atoms with van der Waals surface area (Å²) in [6.07, 6.45) is 11.7. The number of oxazole rings is 1. The first kappa shape index (κ1) is 15.6. The zero-order chi connectivity index (χ0) is 16.4. The second kappa shape index (κ2) is 6.89. The van der Waals surface area contributed by atoms with Gasteiger partial charge in [-0.1, -0.05) is 0 Å². The first-order valence-corrected chi connectivity index (χ1v) is 9.02. The van der Waals surface area contributed by atoms with E-state index < -0.39 is 0 Å². The number of fused-ring (bicyclic) bond motifs is 1. The summed E-state index contributed by atoms with van der Waals surface area (Å²) < 4.78 is 7.02. The van der Waals surface area contributed by atoms with Gasteiger partial charge >= 0.3 is 0 Å². The Kier molecular flexibility index (Phi) is 4.47. The number of hydrogen-bond acceptors (Lipinski definition) is 5. The standard InChI is InChI=1S/C18H24N4O2/c23-18-9-13-3-1-2-4-17(13)21-22(18)15-7-5-14(6-8-15)20-11-16-10-19-12-24-16/h9-10,12,14-15,20H,1-8,11H2. The van der Waals surface area contributed by atoms with Gasteiger partial charge in [-0.3, -0.25) is 4.79 Å². The molecule has 1 N–H and O–H groups in total. The predicted molar refractivity (Wildman–Crippen MR) is 89.8 cm³/mol. The second-order valence-corrected chi connectivity index (χ2v) is 6.96. The molecule has 24 heavy (non-hydrogen) atoms. The lowest BCUT2D eigenvalue weighted by atomic mass is 9.91. The maximum absolute atomic E-state index is 12.4. The highest BCUT2D eigenvalue weighted by Crippen LogP contribution is 2.28. The SMILES string of the molecule is O=c1cc2c(nn1C1CCC(NCc3cnco3)CC1)CCCC2. The van der Waals surface area contributed by atoms with Gasteiger partial charge in [0.2, 0.25) is 0 Å². The van der Waals surface area contributed by atoms with Gasteiger partial charge in [-0.2, -0.15) is 5.10 Å². The molecule has 0 unspecified atom stereocenters. The van der Waals surface area contributed by atoms with E-state index in [9.17, 15) is 4.79 Å². The number of rotatable bonds is 4. The molecule has 6 nitrogen and oxygen atoms in total. The average molecular weight is 328 g/mol. The molecule has 128 valence electrons. The molecule has 0 aromatic carbocycles. The minimum absolute atomic E-state index is 0.0775. The largest absolute Gasteiger partial charge is 0.447 e. The van der Waals surface area contributed by atoms with E-state index in [1.54, 1.807) is 10.9 Å². The summed E-state index contributed by atoms with van der Waals surface area (Å²) in [5, 5.41) is 8.23. The quantitative estimate of drug-likeness (QED) is 0.933. The van der Waals surface area contributed by atoms with E-state index in [0.717, 1.165) is 50.0 Å². The van der Waals surface area contributed by atoms with Gasteiger partial charge in [-0.25, -0.2) is 9.67 Å². The smallest absolute Gasteiger partial charge is 0.267 e. The van der Waals surface area contributed by atoms with E-state index in [0.29, 0.717) is 12.6 Å². The minimum atomic E-state index is 0.0775. The topological polar surface area (TPSA) is 73.0 Å². The van der Waals surface area contributed by atoms with Crippen molar-refractivity contribution in [3.05, 3.63) is 46.0 Å². The fraction of sp³-hybridized carbons (Fsp3) is 0.611. The Labute approximate surface area is 141 Å². The molecule has 1 fully saturated rings. The maximum atomic E-state index is 12.4. The average Bonchev–Trinajstić information content (AvgIpc) is 3.13. The molecule has 2 aromatic rings. The third-order valence-electron chi connectivity index (χ3n) is 5.32. The van der Waals surface area contributed by atoms with Crippen molar-refractivity contribution in [2.75, 3.05) is 0 Å². The highest BCUT2D eigenvalue weighted by atomic mass is 16.3. The Hall–Kier alpha value is -1.95. The van der Waals surface area contributed by atoms with E-state index in [2.05, 4.69) is 10.3 Å². The van der Waals surface area contributed by atoms with Crippen LogP contribution in [-0.2, 0) is 19.4 Å². The monoisotopic (exact) mass is 328 g/mol. The van der Waals surface area contributed by atoms with Gasteiger partial charge in [-0.05, 0) is 56.9 Å². The normalized spacial score (nSPS) is 23.8. The second-order valence-electron chi connectivity index (χ2n) is 6.96. The summed E-state index contributed by atoms with van der Waals surface area (Å²) in [4.78, 5) is 16.3. The Morgan fingerprint density at radius 3 is 2.83 bits per heavy atom. The van der Waals surface area contributed by atoms with Crippen molar-refractivity contribution < 1.29 is 4.42 Å². The predicted octanol–water partition coefficient (Wildman–Crippen LogP) is 2.38. The van der Waals surface area contributed by atoms with Crippen molar-refractivity contribution in [1.82, 2.24) is 20.1 Å². The third kappa shape index (κ3) is 3.29. The van der Waals surface area contributed by atoms with Crippen LogP contribution in [0, 0.1) is 0 Å². The molecule has 2 aromatic heterocycles. The Morgan fingerprint density at radius 1 is 1.21 bits per heavy atom. The highest BCUT2D eigenvalue weighted by molar-refractivity contribution is 5.20. The lowest BCUT2D eigenvalue weighted by Gasteiger charge is -2.30. The van der Waals surface area contributed by atoms with Crippen LogP contribution < -0.4 is 10.9 Å². The number of nitrogens with zero attached hydrogens (tertiary/aromatic N) is 3. The summed E-state index contributed by atoms with van der Waals surface area (Å²) in [6.45, 7) is 0.715. The van der Waals surface area contributed by atoms with E-state index in [1.165, 1.54) is 24.8 Å². The molecule has 6 heteroatoms. The van der Waals surface area contributed by atoms with Gasteiger partial charge in [0.1, 0.15) is 5.76 Å². The van der Waals surface area contributed by atoms with Crippen molar-refractivity contribution in [1.29, 1.82) is 0 Å². The van der Waals surface area contributed by atoms with Crippen molar-refractivity contribution in [2.45, 2.75) is 70.0 Å². The van der Waals surface area contributed by atoms with Crippen LogP contribution in [0.25, 0.3) is 0 Å². The number of hydrogen-bond donors (Lipinski definition) is 1. The van der Waals surface area contributed by atoms with Crippen LogP contribution in [0.15, 0.2) is 27.9 Å². The van der Waals surface area contributed by atoms with Crippen LogP contribution in [0.5, 0.6) is 0 Å². The first-order chi connectivity index (χ1) is 11.8. The maximum Gasteiger partial charge on any atom is 0.267 e. The molecule has 0 amide bonds. The summed E-state index contributed by atoms with van der Waals surface area (Å²) in [5.74, 6) is 0.865. The van der Waals surface area contributed by atoms with Crippen LogP contribution in [0.3, 0.4) is 0 Å². The molecule has 0 spiro atoms. The fourth-order valence-corrected chi connectivity index (χ4v) is 3.94. The molecule has 4 rings (SSSR count). The molecule has 1 saturated carbocycles. The lowest BCUT2D eigenvalue weighted by Crippen LogP contribution is -2.37. The van der Waals surface area contributed by atoms with E-state index >= 15 is 0 Å².